The van der Waals surface area contributed by atoms with E-state index in [1.807, 2.05) is 13.0 Å². The molecule has 1 aliphatic heterocycles. The van der Waals surface area contributed by atoms with Crippen LogP contribution in [0.15, 0.2) is 65.1 Å². The highest BCUT2D eigenvalue weighted by molar-refractivity contribution is 9.10. The van der Waals surface area contributed by atoms with E-state index in [-0.39, 0.29) is 40.5 Å². The van der Waals surface area contributed by atoms with E-state index >= 15 is 0 Å². The van der Waals surface area contributed by atoms with E-state index in [1.165, 1.54) is 23.1 Å². The minimum atomic E-state index is -0.753. The zero-order chi connectivity index (χ0) is 32.7. The van der Waals surface area contributed by atoms with Crippen molar-refractivity contribution in [1.29, 1.82) is 0 Å². The zero-order valence-corrected chi connectivity index (χ0v) is 26.8. The molecule has 6 rings (SSSR count). The highest BCUT2D eigenvalue weighted by Crippen LogP contribution is 2.40. The van der Waals surface area contributed by atoms with Gasteiger partial charge in [0.25, 0.3) is 5.69 Å². The van der Waals surface area contributed by atoms with Gasteiger partial charge in [0.1, 0.15) is 0 Å². The maximum atomic E-state index is 13.5. The molecule has 2 fully saturated rings. The predicted octanol–water partition coefficient (Wildman–Crippen LogP) is 7.16. The number of nitrogens with zero attached hydrogens (tertiary/aromatic N) is 3. The molecule has 1 aromatic heterocycles. The number of fused-ring (bicyclic) bond motifs is 2. The first-order valence-corrected chi connectivity index (χ1v) is 15.9. The van der Waals surface area contributed by atoms with Crippen LogP contribution in [-0.4, -0.2) is 40.1 Å². The highest BCUT2D eigenvalue weighted by atomic mass is 79.9. The van der Waals surface area contributed by atoms with E-state index < -0.39 is 23.3 Å². The van der Waals surface area contributed by atoms with Crippen molar-refractivity contribution in [3.8, 4) is 11.3 Å². The van der Waals surface area contributed by atoms with Gasteiger partial charge in [0.2, 0.25) is 17.6 Å². The molecule has 2 atom stereocenters. The number of carbonyl (C=O) groups is 4. The molecule has 4 aromatic rings. The Morgan fingerprint density at radius 1 is 1.00 bits per heavy atom. The Balaban J connectivity index is 1.31. The number of amides is 2. The third kappa shape index (κ3) is 5.71. The lowest BCUT2D eigenvalue weighted by atomic mass is 9.81. The number of aryl methyl sites for hydroxylation is 2. The molecule has 1 saturated heterocycles. The first-order valence-electron chi connectivity index (χ1n) is 15.1. The fraction of sp³-hybridized carbons (Fsp3) is 0.286. The van der Waals surface area contributed by atoms with Crippen molar-refractivity contribution in [2.75, 3.05) is 11.5 Å². The van der Waals surface area contributed by atoms with Crippen LogP contribution in [0.2, 0.25) is 0 Å². The maximum Gasteiger partial charge on any atom is 0.339 e. The van der Waals surface area contributed by atoms with Crippen LogP contribution in [0.4, 0.5) is 11.4 Å². The summed E-state index contributed by atoms with van der Waals surface area (Å²) in [5.41, 5.74) is 3.58. The summed E-state index contributed by atoms with van der Waals surface area (Å²) in [6.07, 6.45) is 3.99. The molecular formula is C35H30BrN3O7. The Morgan fingerprint density at radius 3 is 2.30 bits per heavy atom. The van der Waals surface area contributed by atoms with E-state index in [9.17, 15) is 29.3 Å². The second kappa shape index (κ2) is 12.6. The van der Waals surface area contributed by atoms with E-state index in [4.69, 9.17) is 9.72 Å². The molecule has 11 heteroatoms. The number of anilines is 1. The number of rotatable bonds is 8. The van der Waals surface area contributed by atoms with Crippen molar-refractivity contribution < 1.29 is 28.8 Å². The van der Waals surface area contributed by atoms with Crippen LogP contribution in [0.5, 0.6) is 0 Å². The molecule has 0 bridgehead atoms. The summed E-state index contributed by atoms with van der Waals surface area (Å²) in [4.78, 5) is 69.6. The third-order valence-corrected chi connectivity index (χ3v) is 9.34. The summed E-state index contributed by atoms with van der Waals surface area (Å²) in [6.45, 7) is 2.94. The molecule has 2 amide bonds. The van der Waals surface area contributed by atoms with Crippen LogP contribution in [0.3, 0.4) is 0 Å². The smallest absolute Gasteiger partial charge is 0.339 e. The van der Waals surface area contributed by atoms with Gasteiger partial charge in [-0.05, 0) is 62.1 Å². The van der Waals surface area contributed by atoms with Crippen molar-refractivity contribution in [2.24, 2.45) is 11.8 Å². The first-order chi connectivity index (χ1) is 22.1. The lowest BCUT2D eigenvalue weighted by Crippen LogP contribution is -2.30. The molecule has 0 N–H and O–H groups in total. The highest BCUT2D eigenvalue weighted by Gasteiger charge is 2.48. The van der Waals surface area contributed by atoms with E-state index in [0.29, 0.717) is 39.8 Å². The van der Waals surface area contributed by atoms with E-state index in [2.05, 4.69) is 15.9 Å². The van der Waals surface area contributed by atoms with Gasteiger partial charge in [-0.2, -0.15) is 0 Å². The molecule has 3 aromatic carbocycles. The molecular weight excluding hydrogens is 654 g/mol. The maximum absolute atomic E-state index is 13.5. The van der Waals surface area contributed by atoms with Crippen molar-refractivity contribution >= 4 is 61.8 Å². The fourth-order valence-corrected chi connectivity index (χ4v) is 6.92. The Hall–Kier alpha value is -4.77. The molecule has 234 valence electrons. The topological polar surface area (TPSA) is 137 Å². The number of nitro benzene ring substituents is 1. The largest absolute Gasteiger partial charge is 0.454 e. The number of nitro groups is 1. The normalized spacial score (nSPS) is 17.7. The molecule has 1 aliphatic carbocycles. The third-order valence-electron chi connectivity index (χ3n) is 8.88. The van der Waals surface area contributed by atoms with Crippen molar-refractivity contribution in [3.63, 3.8) is 0 Å². The molecule has 2 unspecified atom stereocenters. The van der Waals surface area contributed by atoms with Gasteiger partial charge in [-0.25, -0.2) is 9.78 Å². The Labute approximate surface area is 273 Å². The van der Waals surface area contributed by atoms with Gasteiger partial charge in [0, 0.05) is 32.6 Å². The zero-order valence-electron chi connectivity index (χ0n) is 25.2. The Kier molecular flexibility index (Phi) is 8.52. The van der Waals surface area contributed by atoms with Crippen LogP contribution in [0.25, 0.3) is 22.2 Å². The predicted molar refractivity (Wildman–Crippen MR) is 175 cm³/mol. The van der Waals surface area contributed by atoms with Gasteiger partial charge in [0.05, 0.1) is 39.2 Å². The number of pyridine rings is 1. The average molecular weight is 685 g/mol. The van der Waals surface area contributed by atoms with Crippen LogP contribution >= 0.6 is 15.9 Å². The monoisotopic (exact) mass is 683 g/mol. The number of hydrogen-bond donors (Lipinski definition) is 0. The number of carbonyl (C=O) groups excluding carboxylic acids is 4. The second-order valence-corrected chi connectivity index (χ2v) is 12.6. The lowest BCUT2D eigenvalue weighted by Gasteiger charge is -2.19. The molecule has 10 nitrogen and oxygen atoms in total. The van der Waals surface area contributed by atoms with Gasteiger partial charge in [-0.1, -0.05) is 60.0 Å². The fourth-order valence-electron chi connectivity index (χ4n) is 6.42. The number of hydrogen-bond acceptors (Lipinski definition) is 8. The van der Waals surface area contributed by atoms with Gasteiger partial charge in [-0.3, -0.25) is 29.4 Å². The SMILES string of the molecule is CCc1cc(Br)cc2c(C(=O)OCC(=O)c3ccc(C)c([N+](=O)[O-])c3)cc(-c3ccc(N4C(=O)C5CCCCC5C4=O)cc3)nc12. The summed E-state index contributed by atoms with van der Waals surface area (Å²) in [7, 11) is 0. The Morgan fingerprint density at radius 2 is 1.67 bits per heavy atom. The number of ketones is 1. The molecule has 2 heterocycles. The number of benzene rings is 3. The van der Waals surface area contributed by atoms with Crippen LogP contribution < -0.4 is 4.90 Å². The molecule has 2 aliphatic rings. The molecule has 1 saturated carbocycles. The van der Waals surface area contributed by atoms with Gasteiger partial charge >= 0.3 is 5.97 Å². The second-order valence-electron chi connectivity index (χ2n) is 11.7. The first kappa shape index (κ1) is 31.2. The average Bonchev–Trinajstić information content (AvgIpc) is 3.31. The summed E-state index contributed by atoms with van der Waals surface area (Å²) in [6, 6.07) is 16.4. The number of esters is 1. The van der Waals surface area contributed by atoms with Gasteiger partial charge < -0.3 is 4.74 Å². The minimum Gasteiger partial charge on any atom is -0.454 e. The Bertz CT molecular complexity index is 1920. The van der Waals surface area contributed by atoms with E-state index in [0.717, 1.165) is 35.7 Å². The summed E-state index contributed by atoms with van der Waals surface area (Å²) in [5, 5.41) is 11.9. The molecule has 0 radical (unpaired) electrons. The van der Waals surface area contributed by atoms with E-state index in [1.54, 1.807) is 43.3 Å². The van der Waals surface area contributed by atoms with Crippen LogP contribution in [-0.2, 0) is 20.7 Å². The van der Waals surface area contributed by atoms with Crippen LogP contribution in [0, 0.1) is 28.9 Å². The minimum absolute atomic E-state index is 0.0655. The summed E-state index contributed by atoms with van der Waals surface area (Å²) < 4.78 is 6.20. The summed E-state index contributed by atoms with van der Waals surface area (Å²) in [5.74, 6) is -2.13. The van der Waals surface area contributed by atoms with Crippen molar-refractivity contribution in [2.45, 2.75) is 46.0 Å². The quantitative estimate of drug-likeness (QED) is 0.0627. The molecule has 46 heavy (non-hydrogen) atoms. The van der Waals surface area contributed by atoms with Gasteiger partial charge in [0.15, 0.2) is 6.61 Å². The van der Waals surface area contributed by atoms with Gasteiger partial charge in [-0.15, -0.1) is 0 Å². The number of Topliss-reactive ketones (excluding diaryl/α,β-unsaturated/α-hetero) is 1. The standard InChI is InChI=1S/C35H30BrN3O7/c1-3-20-14-23(36)16-27-28(35(43)46-18-31(40)22-9-8-19(2)30(15-22)39(44)45)17-29(37-32(20)27)21-10-12-24(13-11-21)38-33(41)25-6-4-5-7-26(25)34(38)42/h8-17,25-26H,3-7,18H2,1-2H3. The number of imide groups is 1. The number of ether oxygens (including phenoxy) is 1. The van der Waals surface area contributed by atoms with Crippen molar-refractivity contribution in [1.82, 2.24) is 4.98 Å². The summed E-state index contributed by atoms with van der Waals surface area (Å²) >= 11 is 3.51. The van der Waals surface area contributed by atoms with Crippen molar-refractivity contribution in [3.05, 3.63) is 97.5 Å². The number of aromatic nitrogens is 1. The molecule has 0 spiro atoms. The number of halogens is 1. The lowest BCUT2D eigenvalue weighted by molar-refractivity contribution is -0.385. The van der Waals surface area contributed by atoms with Crippen LogP contribution in [0.1, 0.15) is 64.4 Å².